The van der Waals surface area contributed by atoms with Crippen molar-refractivity contribution in [1.29, 1.82) is 0 Å². The van der Waals surface area contributed by atoms with Gasteiger partial charge in [0.2, 0.25) is 0 Å². The fraction of sp³-hybridized carbons (Fsp3) is 0. The van der Waals surface area contributed by atoms with Gasteiger partial charge in [0, 0.05) is 26.2 Å². The van der Waals surface area contributed by atoms with E-state index in [9.17, 15) is 0 Å². The van der Waals surface area contributed by atoms with Crippen molar-refractivity contribution in [3.8, 4) is 0 Å². The first kappa shape index (κ1) is 13.0. The molecular weight excluding hydrogens is 449 g/mol. The largest absolute Gasteiger partial charge is 0.0616 e. The van der Waals surface area contributed by atoms with E-state index in [-0.39, 0.29) is 26.2 Å². The summed E-state index contributed by atoms with van der Waals surface area (Å²) >= 11 is 0. The number of rotatable bonds is 0. The van der Waals surface area contributed by atoms with Gasteiger partial charge in [0.1, 0.15) is 0 Å². The Morgan fingerprint density at radius 2 is 0.810 bits per heavy atom. The van der Waals surface area contributed by atoms with Crippen LogP contribution in [0.5, 0.6) is 0 Å². The van der Waals surface area contributed by atoms with Crippen molar-refractivity contribution in [3.05, 3.63) is 72.8 Å². The molecule has 0 nitrogen and oxygen atoms in total. The minimum absolute atomic E-state index is 0. The molecule has 0 saturated carbocycles. The van der Waals surface area contributed by atoms with Crippen LogP contribution in [0.4, 0.5) is 0 Å². The Kier molecular flexibility index (Phi) is 2.87. The zero-order valence-corrected chi connectivity index (χ0v) is 14.9. The van der Waals surface area contributed by atoms with Gasteiger partial charge >= 0.3 is 0 Å². The quantitative estimate of drug-likeness (QED) is 0.166. The third-order valence-electron chi connectivity index (χ3n) is 4.39. The molecular formula is C20H12Bi. The molecule has 0 fully saturated rings. The average molecular weight is 461 g/mol. The molecule has 0 amide bonds. The molecule has 1 heteroatoms. The van der Waals surface area contributed by atoms with Gasteiger partial charge in [-0.2, -0.15) is 0 Å². The van der Waals surface area contributed by atoms with Crippen molar-refractivity contribution in [3.63, 3.8) is 0 Å². The van der Waals surface area contributed by atoms with Gasteiger partial charge in [-0.3, -0.25) is 0 Å². The normalized spacial score (nSPS) is 11.4. The van der Waals surface area contributed by atoms with Gasteiger partial charge in [0.05, 0.1) is 0 Å². The van der Waals surface area contributed by atoms with E-state index >= 15 is 0 Å². The molecule has 0 aliphatic carbocycles. The monoisotopic (exact) mass is 461 g/mol. The SMILES string of the molecule is [Bi].c1ccc2c(c1)c1cccc3ccc4cccc2c4c31. The molecule has 5 aromatic carbocycles. The van der Waals surface area contributed by atoms with Gasteiger partial charge < -0.3 is 0 Å². The molecule has 0 N–H and O–H groups in total. The number of hydrogen-bond donors (Lipinski definition) is 0. The number of hydrogen-bond acceptors (Lipinski definition) is 0. The standard InChI is InChI=1S/C20H12.Bi/c1-2-8-16-15(7-1)17-9-3-5-13-11-12-14-6-4-10-18(16)20(14)19(13)17;/h1-12H;. The van der Waals surface area contributed by atoms with Crippen molar-refractivity contribution < 1.29 is 0 Å². The van der Waals surface area contributed by atoms with E-state index in [2.05, 4.69) is 72.8 Å². The van der Waals surface area contributed by atoms with Crippen molar-refractivity contribution in [2.45, 2.75) is 0 Å². The zero-order valence-electron chi connectivity index (χ0n) is 11.4. The Hall–Kier alpha value is -1.72. The van der Waals surface area contributed by atoms with E-state index in [0.717, 1.165) is 0 Å². The first-order chi connectivity index (χ1) is 9.93. The maximum absolute atomic E-state index is 2.25. The molecule has 0 spiro atoms. The van der Waals surface area contributed by atoms with Crippen LogP contribution in [-0.4, -0.2) is 26.2 Å². The van der Waals surface area contributed by atoms with Crippen LogP contribution in [0.1, 0.15) is 0 Å². The summed E-state index contributed by atoms with van der Waals surface area (Å²) in [4.78, 5) is 0. The first-order valence-electron chi connectivity index (χ1n) is 6.98. The Bertz CT molecular complexity index is 1000. The molecule has 0 aliphatic rings. The molecule has 0 unspecified atom stereocenters. The van der Waals surface area contributed by atoms with E-state index in [4.69, 9.17) is 0 Å². The predicted molar refractivity (Wildman–Crippen MR) is 93.4 cm³/mol. The first-order valence-corrected chi connectivity index (χ1v) is 6.98. The van der Waals surface area contributed by atoms with Crippen LogP contribution in [0.15, 0.2) is 72.8 Å². The van der Waals surface area contributed by atoms with Crippen LogP contribution in [0.2, 0.25) is 0 Å². The Morgan fingerprint density at radius 3 is 1.29 bits per heavy atom. The van der Waals surface area contributed by atoms with Gasteiger partial charge in [0.15, 0.2) is 0 Å². The molecule has 0 atom stereocenters. The summed E-state index contributed by atoms with van der Waals surface area (Å²) in [5.41, 5.74) is 0. The molecule has 0 aromatic heterocycles. The molecule has 0 bridgehead atoms. The summed E-state index contributed by atoms with van der Waals surface area (Å²) in [5, 5.41) is 10.9. The van der Waals surface area contributed by atoms with Crippen molar-refractivity contribution in [1.82, 2.24) is 0 Å². The van der Waals surface area contributed by atoms with E-state index in [0.29, 0.717) is 0 Å². The second-order valence-electron chi connectivity index (χ2n) is 5.42. The fourth-order valence-corrected chi connectivity index (χ4v) is 3.56. The molecule has 0 saturated heterocycles. The smallest absolute Gasteiger partial charge is 0 e. The molecule has 97 valence electrons. The van der Waals surface area contributed by atoms with Crippen LogP contribution in [0, 0.1) is 0 Å². The minimum atomic E-state index is 0. The summed E-state index contributed by atoms with van der Waals surface area (Å²) < 4.78 is 0. The Morgan fingerprint density at radius 1 is 0.381 bits per heavy atom. The number of benzene rings is 5. The van der Waals surface area contributed by atoms with Crippen LogP contribution >= 0.6 is 0 Å². The summed E-state index contributed by atoms with van der Waals surface area (Å²) in [7, 11) is 0. The van der Waals surface area contributed by atoms with Gasteiger partial charge in [-0.25, -0.2) is 0 Å². The second-order valence-corrected chi connectivity index (χ2v) is 5.42. The van der Waals surface area contributed by atoms with E-state index in [1.807, 2.05) is 0 Å². The topological polar surface area (TPSA) is 0 Å². The molecule has 0 heterocycles. The predicted octanol–water partition coefficient (Wildman–Crippen LogP) is 5.36. The minimum Gasteiger partial charge on any atom is -0.0616 e. The van der Waals surface area contributed by atoms with Gasteiger partial charge in [0.25, 0.3) is 0 Å². The number of fused-ring (bicyclic) bond motifs is 3. The fourth-order valence-electron chi connectivity index (χ4n) is 3.56. The van der Waals surface area contributed by atoms with Gasteiger partial charge in [-0.15, -0.1) is 0 Å². The zero-order chi connectivity index (χ0) is 13.1. The Balaban J connectivity index is 0.00000115. The van der Waals surface area contributed by atoms with Crippen LogP contribution in [-0.2, 0) is 0 Å². The second kappa shape index (κ2) is 4.65. The van der Waals surface area contributed by atoms with E-state index in [1.54, 1.807) is 0 Å². The van der Waals surface area contributed by atoms with Crippen molar-refractivity contribution in [2.75, 3.05) is 0 Å². The van der Waals surface area contributed by atoms with Crippen molar-refractivity contribution >= 4 is 69.3 Å². The van der Waals surface area contributed by atoms with Gasteiger partial charge in [-0.1, -0.05) is 72.8 Å². The third-order valence-corrected chi connectivity index (χ3v) is 4.39. The Labute approximate surface area is 141 Å². The molecule has 3 radical (unpaired) electrons. The van der Waals surface area contributed by atoms with E-state index < -0.39 is 0 Å². The molecule has 21 heavy (non-hydrogen) atoms. The summed E-state index contributed by atoms with van der Waals surface area (Å²) in [6, 6.07) is 26.4. The average Bonchev–Trinajstić information content (AvgIpc) is 2.53. The van der Waals surface area contributed by atoms with Crippen LogP contribution in [0.25, 0.3) is 43.1 Å². The summed E-state index contributed by atoms with van der Waals surface area (Å²) in [5.74, 6) is 0. The van der Waals surface area contributed by atoms with E-state index in [1.165, 1.54) is 43.1 Å². The summed E-state index contributed by atoms with van der Waals surface area (Å²) in [6.45, 7) is 0. The van der Waals surface area contributed by atoms with Gasteiger partial charge in [-0.05, 0) is 43.1 Å². The van der Waals surface area contributed by atoms with Crippen molar-refractivity contribution in [2.24, 2.45) is 0 Å². The maximum Gasteiger partial charge on any atom is 0 e. The molecule has 5 rings (SSSR count). The van der Waals surface area contributed by atoms with Crippen LogP contribution < -0.4 is 0 Å². The van der Waals surface area contributed by atoms with Crippen LogP contribution in [0.3, 0.4) is 0 Å². The summed E-state index contributed by atoms with van der Waals surface area (Å²) in [6.07, 6.45) is 0. The maximum atomic E-state index is 2.25. The molecule has 0 aliphatic heterocycles. The third kappa shape index (κ3) is 1.65. The molecule has 5 aromatic rings.